The molecule has 0 aliphatic rings. The summed E-state index contributed by atoms with van der Waals surface area (Å²) in [6, 6.07) is 3.88. The molecule has 0 fully saturated rings. The zero-order chi connectivity index (χ0) is 14.0. The van der Waals surface area contributed by atoms with Crippen LogP contribution in [0, 0.1) is 7.14 Å². The van der Waals surface area contributed by atoms with Gasteiger partial charge in [-0.15, -0.1) is 0 Å². The second-order valence-corrected chi connectivity index (χ2v) is 7.59. The molecule has 0 heterocycles. The normalized spacial score (nSPS) is 12.1. The largest absolute Gasteiger partial charge is 0.274 e. The van der Waals surface area contributed by atoms with Crippen LogP contribution in [-0.4, -0.2) is 11.8 Å². The van der Waals surface area contributed by atoms with Crippen LogP contribution in [0.5, 0.6) is 0 Å². The van der Waals surface area contributed by atoms with E-state index in [1.165, 1.54) is 18.7 Å². The second kappa shape index (κ2) is 6.65. The number of rotatable bonds is 2. The molecule has 1 atom stereocenters. The van der Waals surface area contributed by atoms with Gasteiger partial charge in [0.25, 0.3) is 0 Å². The molecule has 1 rings (SSSR count). The first-order valence-corrected chi connectivity index (χ1v) is 8.27. The van der Waals surface area contributed by atoms with E-state index in [2.05, 4.69) is 61.1 Å². The first-order valence-electron chi connectivity index (χ1n) is 5.20. The average Bonchev–Trinajstić information content (AvgIpc) is 2.13. The van der Waals surface area contributed by atoms with Crippen molar-refractivity contribution < 1.29 is 9.59 Å². The number of imide groups is 1. The number of anilines is 1. The summed E-state index contributed by atoms with van der Waals surface area (Å²) in [7, 11) is 0. The molecule has 0 bridgehead atoms. The van der Waals surface area contributed by atoms with E-state index in [9.17, 15) is 9.59 Å². The standard InChI is InChI=1S/C12H12BrI2NO2/c1-6(13)12-10(15)4-9(14)5-11(12)16(7(2)17)8(3)18/h4-6H,1-3H3. The minimum Gasteiger partial charge on any atom is -0.274 e. The minimum atomic E-state index is -0.269. The molecule has 2 amide bonds. The Morgan fingerprint density at radius 1 is 1.22 bits per heavy atom. The molecule has 0 N–H and O–H groups in total. The highest BCUT2D eigenvalue weighted by Crippen LogP contribution is 2.36. The number of halogens is 3. The quantitative estimate of drug-likeness (QED) is 0.419. The van der Waals surface area contributed by atoms with Crippen molar-refractivity contribution >= 4 is 78.6 Å². The Morgan fingerprint density at radius 2 is 1.72 bits per heavy atom. The van der Waals surface area contributed by atoms with Crippen LogP contribution in [0.4, 0.5) is 5.69 Å². The number of carbonyl (C=O) groups is 2. The lowest BCUT2D eigenvalue weighted by molar-refractivity contribution is -0.124. The lowest BCUT2D eigenvalue weighted by Crippen LogP contribution is -2.34. The average molecular weight is 536 g/mol. The number of alkyl halides is 1. The van der Waals surface area contributed by atoms with E-state index in [1.54, 1.807) is 0 Å². The van der Waals surface area contributed by atoms with Crippen LogP contribution in [0.25, 0.3) is 0 Å². The topological polar surface area (TPSA) is 37.4 Å². The Balaban J connectivity index is 3.55. The third-order valence-corrected chi connectivity index (χ3v) is 4.31. The van der Waals surface area contributed by atoms with Gasteiger partial charge in [-0.05, 0) is 64.2 Å². The molecule has 0 aliphatic carbocycles. The third-order valence-electron chi connectivity index (χ3n) is 2.34. The van der Waals surface area contributed by atoms with Crippen LogP contribution >= 0.6 is 61.1 Å². The van der Waals surface area contributed by atoms with E-state index < -0.39 is 0 Å². The van der Waals surface area contributed by atoms with E-state index in [0.717, 1.165) is 12.7 Å². The fourth-order valence-electron chi connectivity index (χ4n) is 1.71. The summed E-state index contributed by atoms with van der Waals surface area (Å²) in [6.45, 7) is 4.78. The molecule has 0 aromatic heterocycles. The van der Waals surface area contributed by atoms with E-state index in [1.807, 2.05) is 19.1 Å². The Hall–Kier alpha value is 0.300. The zero-order valence-electron chi connectivity index (χ0n) is 10.1. The van der Waals surface area contributed by atoms with Crippen LogP contribution in [0.3, 0.4) is 0 Å². The Bertz CT molecular complexity index is 489. The van der Waals surface area contributed by atoms with Gasteiger partial charge in [-0.1, -0.05) is 15.9 Å². The van der Waals surface area contributed by atoms with Crippen molar-refractivity contribution in [2.45, 2.75) is 25.6 Å². The molecule has 98 valence electrons. The molecular weight excluding hydrogens is 524 g/mol. The van der Waals surface area contributed by atoms with Gasteiger partial charge in [0.2, 0.25) is 11.8 Å². The molecule has 1 unspecified atom stereocenters. The lowest BCUT2D eigenvalue weighted by Gasteiger charge is -2.23. The predicted octanol–water partition coefficient (Wildman–Crippen LogP) is 4.25. The summed E-state index contributed by atoms with van der Waals surface area (Å²) in [5, 5.41) is 0. The molecule has 6 heteroatoms. The molecule has 0 saturated carbocycles. The molecule has 0 radical (unpaired) electrons. The predicted molar refractivity (Wildman–Crippen MR) is 93.1 cm³/mol. The maximum absolute atomic E-state index is 11.7. The van der Waals surface area contributed by atoms with Crippen LogP contribution in [0.2, 0.25) is 0 Å². The summed E-state index contributed by atoms with van der Waals surface area (Å²) in [4.78, 5) is 24.6. The van der Waals surface area contributed by atoms with E-state index in [-0.39, 0.29) is 16.6 Å². The van der Waals surface area contributed by atoms with Gasteiger partial charge in [0.05, 0.1) is 5.69 Å². The Morgan fingerprint density at radius 3 is 2.11 bits per heavy atom. The van der Waals surface area contributed by atoms with Gasteiger partial charge in [-0.25, -0.2) is 0 Å². The second-order valence-electron chi connectivity index (χ2n) is 3.81. The number of carbonyl (C=O) groups excluding carboxylic acids is 2. The SMILES string of the molecule is CC(=O)N(C(C)=O)c1cc(I)cc(I)c1C(C)Br. The number of benzene rings is 1. The van der Waals surface area contributed by atoms with Crippen molar-refractivity contribution in [3.63, 3.8) is 0 Å². The van der Waals surface area contributed by atoms with Gasteiger partial charge >= 0.3 is 0 Å². The van der Waals surface area contributed by atoms with Gasteiger partial charge in [0.15, 0.2) is 0 Å². The molecule has 3 nitrogen and oxygen atoms in total. The van der Waals surface area contributed by atoms with Crippen LogP contribution in [-0.2, 0) is 9.59 Å². The van der Waals surface area contributed by atoms with Crippen LogP contribution < -0.4 is 4.90 Å². The lowest BCUT2D eigenvalue weighted by atomic mass is 10.1. The van der Waals surface area contributed by atoms with Crippen molar-refractivity contribution in [2.75, 3.05) is 4.90 Å². The summed E-state index contributed by atoms with van der Waals surface area (Å²) in [6.07, 6.45) is 0. The smallest absolute Gasteiger partial charge is 0.230 e. The third kappa shape index (κ3) is 3.66. The monoisotopic (exact) mass is 535 g/mol. The van der Waals surface area contributed by atoms with Gasteiger partial charge in [-0.2, -0.15) is 0 Å². The van der Waals surface area contributed by atoms with E-state index >= 15 is 0 Å². The number of nitrogens with zero attached hydrogens (tertiary/aromatic N) is 1. The fraction of sp³-hybridized carbons (Fsp3) is 0.333. The first-order chi connectivity index (χ1) is 8.25. The molecule has 1 aromatic carbocycles. The molecule has 0 spiro atoms. The van der Waals surface area contributed by atoms with Gasteiger partial charge in [0.1, 0.15) is 0 Å². The maximum atomic E-state index is 11.7. The minimum absolute atomic E-state index is 0.0672. The van der Waals surface area contributed by atoms with E-state index in [4.69, 9.17) is 0 Å². The summed E-state index contributed by atoms with van der Waals surface area (Å²) in [5.41, 5.74) is 1.62. The first kappa shape index (κ1) is 16.4. The Labute approximate surface area is 142 Å². The maximum Gasteiger partial charge on any atom is 0.230 e. The highest BCUT2D eigenvalue weighted by atomic mass is 127. The molecule has 0 saturated heterocycles. The van der Waals surface area contributed by atoms with Crippen molar-refractivity contribution in [3.05, 3.63) is 24.8 Å². The van der Waals surface area contributed by atoms with Crippen molar-refractivity contribution in [1.29, 1.82) is 0 Å². The van der Waals surface area contributed by atoms with Crippen LogP contribution in [0.1, 0.15) is 31.2 Å². The molecular formula is C12H12BrI2NO2. The van der Waals surface area contributed by atoms with Crippen LogP contribution in [0.15, 0.2) is 12.1 Å². The highest BCUT2D eigenvalue weighted by molar-refractivity contribution is 14.1. The number of hydrogen-bond acceptors (Lipinski definition) is 2. The number of amides is 2. The van der Waals surface area contributed by atoms with Crippen molar-refractivity contribution in [2.24, 2.45) is 0 Å². The summed E-state index contributed by atoms with van der Waals surface area (Å²) < 4.78 is 2.03. The Kier molecular flexibility index (Phi) is 6.04. The van der Waals surface area contributed by atoms with E-state index in [0.29, 0.717) is 5.69 Å². The highest BCUT2D eigenvalue weighted by Gasteiger charge is 2.23. The molecule has 18 heavy (non-hydrogen) atoms. The summed E-state index contributed by atoms with van der Waals surface area (Å²) in [5.74, 6) is -0.538. The zero-order valence-corrected chi connectivity index (χ0v) is 16.0. The van der Waals surface area contributed by atoms with Crippen molar-refractivity contribution in [3.8, 4) is 0 Å². The molecule has 0 aliphatic heterocycles. The molecule has 1 aromatic rings. The van der Waals surface area contributed by atoms with Gasteiger partial charge in [0, 0.05) is 31.4 Å². The summed E-state index contributed by atoms with van der Waals surface area (Å²) >= 11 is 7.92. The number of hydrogen-bond donors (Lipinski definition) is 0. The van der Waals surface area contributed by atoms with Gasteiger partial charge in [-0.3, -0.25) is 14.5 Å². The fourth-order valence-corrected chi connectivity index (χ4v) is 4.90. The van der Waals surface area contributed by atoms with Gasteiger partial charge < -0.3 is 0 Å². The van der Waals surface area contributed by atoms with Crippen molar-refractivity contribution in [1.82, 2.24) is 0 Å².